The van der Waals surface area contributed by atoms with Gasteiger partial charge < -0.3 is 10.2 Å². The smallest absolute Gasteiger partial charge is 0.227 e. The van der Waals surface area contributed by atoms with Crippen LogP contribution in [0.15, 0.2) is 42.6 Å². The number of nitrogens with zero attached hydrogens (tertiary/aromatic N) is 5. The number of anilines is 3. The van der Waals surface area contributed by atoms with E-state index >= 15 is 0 Å². The van der Waals surface area contributed by atoms with Crippen molar-refractivity contribution in [3.05, 3.63) is 59.4 Å². The minimum atomic E-state index is -3.50. The summed E-state index contributed by atoms with van der Waals surface area (Å²) in [7, 11) is -1.52. The van der Waals surface area contributed by atoms with Crippen LogP contribution in [-0.4, -0.2) is 47.7 Å². The van der Waals surface area contributed by atoms with Crippen LogP contribution in [0.1, 0.15) is 61.3 Å². The fourth-order valence-electron chi connectivity index (χ4n) is 4.71. The van der Waals surface area contributed by atoms with E-state index in [1.165, 1.54) is 12.8 Å². The Morgan fingerprint density at radius 3 is 2.67 bits per heavy atom. The summed E-state index contributed by atoms with van der Waals surface area (Å²) in [4.78, 5) is 11.2. The second kappa shape index (κ2) is 10.2. The van der Waals surface area contributed by atoms with E-state index < -0.39 is 10.0 Å². The zero-order chi connectivity index (χ0) is 25.1. The molecule has 0 aliphatic heterocycles. The molecule has 2 saturated carbocycles. The molecule has 1 aromatic carbocycles. The monoisotopic (exact) mass is 506 g/mol. The molecule has 0 atom stereocenters. The van der Waals surface area contributed by atoms with Crippen molar-refractivity contribution in [1.29, 1.82) is 5.26 Å². The molecule has 0 unspecified atom stereocenters. The maximum absolute atomic E-state index is 12.7. The van der Waals surface area contributed by atoms with Gasteiger partial charge in [-0.1, -0.05) is 12.1 Å². The van der Waals surface area contributed by atoms with Crippen molar-refractivity contribution in [3.63, 3.8) is 0 Å². The van der Waals surface area contributed by atoms with Gasteiger partial charge in [-0.25, -0.2) is 18.1 Å². The molecule has 0 radical (unpaired) electrons. The molecule has 2 aliphatic rings. The van der Waals surface area contributed by atoms with Crippen LogP contribution >= 0.6 is 0 Å². The molecule has 0 amide bonds. The highest BCUT2D eigenvalue weighted by Crippen LogP contribution is 2.39. The number of rotatable bonds is 9. The summed E-state index contributed by atoms with van der Waals surface area (Å²) in [6.07, 6.45) is 7.30. The summed E-state index contributed by atoms with van der Waals surface area (Å²) in [5.41, 5.74) is 2.23. The molecular formula is C25H30N8O2S. The fourth-order valence-corrected chi connectivity index (χ4v) is 6.16. The second-order valence-electron chi connectivity index (χ2n) is 9.66. The number of hydrogen-bond donors (Lipinski definition) is 3. The van der Waals surface area contributed by atoms with Gasteiger partial charge in [0.05, 0.1) is 17.4 Å². The van der Waals surface area contributed by atoms with Crippen LogP contribution in [0.25, 0.3) is 0 Å². The van der Waals surface area contributed by atoms with E-state index in [9.17, 15) is 8.42 Å². The largest absolute Gasteiger partial charge is 0.341 e. The van der Waals surface area contributed by atoms with Gasteiger partial charge >= 0.3 is 0 Å². The van der Waals surface area contributed by atoms with Gasteiger partial charge in [0, 0.05) is 43.0 Å². The Morgan fingerprint density at radius 2 is 1.92 bits per heavy atom. The third kappa shape index (κ3) is 6.01. The van der Waals surface area contributed by atoms with Gasteiger partial charge in [0.25, 0.3) is 0 Å². The van der Waals surface area contributed by atoms with Crippen LogP contribution in [0.3, 0.4) is 0 Å². The van der Waals surface area contributed by atoms with Crippen LogP contribution < -0.4 is 14.9 Å². The summed E-state index contributed by atoms with van der Waals surface area (Å²) < 4.78 is 28.2. The van der Waals surface area contributed by atoms with Crippen molar-refractivity contribution in [2.24, 2.45) is 0 Å². The van der Waals surface area contributed by atoms with Gasteiger partial charge in [-0.3, -0.25) is 5.10 Å². The number of H-pyrrole nitrogens is 1. The first-order chi connectivity index (χ1) is 17.4. The first kappa shape index (κ1) is 24.2. The van der Waals surface area contributed by atoms with Gasteiger partial charge in [0.15, 0.2) is 5.82 Å². The number of sulfonamides is 1. The van der Waals surface area contributed by atoms with Gasteiger partial charge in [-0.15, -0.1) is 0 Å². The molecule has 2 fully saturated rings. The lowest BCUT2D eigenvalue weighted by Gasteiger charge is -2.34. The maximum Gasteiger partial charge on any atom is 0.227 e. The van der Waals surface area contributed by atoms with Crippen molar-refractivity contribution >= 4 is 27.6 Å². The molecule has 2 aliphatic carbocycles. The van der Waals surface area contributed by atoms with Gasteiger partial charge in [-0.05, 0) is 62.3 Å². The summed E-state index contributed by atoms with van der Waals surface area (Å²) in [5, 5.41) is 19.7. The summed E-state index contributed by atoms with van der Waals surface area (Å²) in [6, 6.07) is 12.7. The number of benzene rings is 1. The lowest BCUT2D eigenvalue weighted by Crippen LogP contribution is -2.43. The Bertz CT molecular complexity index is 1350. The molecule has 11 heteroatoms. The molecule has 0 bridgehead atoms. The highest BCUT2D eigenvalue weighted by molar-refractivity contribution is 7.88. The number of hydrogen-bond acceptors (Lipinski definition) is 8. The lowest BCUT2D eigenvalue weighted by atomic mass is 9.91. The first-order valence-corrected chi connectivity index (χ1v) is 13.9. The summed E-state index contributed by atoms with van der Waals surface area (Å²) in [6.45, 7) is 0. The van der Waals surface area contributed by atoms with Gasteiger partial charge in [-0.2, -0.15) is 15.3 Å². The molecular weight excluding hydrogens is 476 g/mol. The van der Waals surface area contributed by atoms with E-state index in [0.717, 1.165) is 37.2 Å². The second-order valence-corrected chi connectivity index (χ2v) is 11.4. The molecule has 2 heterocycles. The van der Waals surface area contributed by atoms with Crippen molar-refractivity contribution < 1.29 is 8.42 Å². The normalized spacial score (nSPS) is 20.0. The molecule has 0 saturated heterocycles. The third-order valence-electron chi connectivity index (χ3n) is 6.83. The number of nitriles is 1. The van der Waals surface area contributed by atoms with Crippen LogP contribution in [0.2, 0.25) is 0 Å². The molecule has 5 rings (SSSR count). The third-order valence-corrected chi connectivity index (χ3v) is 8.24. The van der Waals surface area contributed by atoms with E-state index in [-0.39, 0.29) is 17.8 Å². The number of nitrogens with one attached hydrogen (secondary N) is 3. The van der Waals surface area contributed by atoms with E-state index in [4.69, 9.17) is 5.26 Å². The Labute approximate surface area is 211 Å². The highest BCUT2D eigenvalue weighted by atomic mass is 32.2. The van der Waals surface area contributed by atoms with E-state index in [1.807, 2.05) is 25.2 Å². The van der Waals surface area contributed by atoms with Crippen LogP contribution in [-0.2, 0) is 15.8 Å². The van der Waals surface area contributed by atoms with Crippen molar-refractivity contribution in [3.8, 4) is 6.07 Å². The SMILES string of the molecule is CN(c1nccc(Nc2cc(C3CC3)[nH]n2)n1)[C@H]1CC[C@H](NS(=O)(=O)Cc2cccc(C#N)c2)CC1. The molecule has 2 aromatic heterocycles. The minimum absolute atomic E-state index is 0.104. The van der Waals surface area contributed by atoms with Crippen molar-refractivity contribution in [2.45, 2.75) is 62.3 Å². The summed E-state index contributed by atoms with van der Waals surface area (Å²) in [5.74, 6) is 2.53. The topological polar surface area (TPSA) is 140 Å². The highest BCUT2D eigenvalue weighted by Gasteiger charge is 2.28. The fraction of sp³-hybridized carbons (Fsp3) is 0.440. The predicted molar refractivity (Wildman–Crippen MR) is 137 cm³/mol. The van der Waals surface area contributed by atoms with Crippen LogP contribution in [0, 0.1) is 11.3 Å². The molecule has 0 spiro atoms. The average Bonchev–Trinajstić information content (AvgIpc) is 3.62. The zero-order valence-corrected chi connectivity index (χ0v) is 21.0. The Balaban J connectivity index is 1.14. The molecule has 188 valence electrons. The molecule has 10 nitrogen and oxygen atoms in total. The Kier molecular flexibility index (Phi) is 6.89. The Hall–Kier alpha value is -3.49. The molecule has 36 heavy (non-hydrogen) atoms. The lowest BCUT2D eigenvalue weighted by molar-refractivity contribution is 0.363. The molecule has 3 N–H and O–H groups in total. The molecule has 3 aromatic rings. The summed E-state index contributed by atoms with van der Waals surface area (Å²) >= 11 is 0. The van der Waals surface area contributed by atoms with Gasteiger partial charge in [0.2, 0.25) is 16.0 Å². The van der Waals surface area contributed by atoms with Crippen LogP contribution in [0.4, 0.5) is 17.6 Å². The Morgan fingerprint density at radius 1 is 1.11 bits per heavy atom. The zero-order valence-electron chi connectivity index (χ0n) is 20.2. The van der Waals surface area contributed by atoms with Crippen LogP contribution in [0.5, 0.6) is 0 Å². The minimum Gasteiger partial charge on any atom is -0.341 e. The maximum atomic E-state index is 12.7. The van der Waals surface area contributed by atoms with Gasteiger partial charge in [0.1, 0.15) is 5.82 Å². The quantitative estimate of drug-likeness (QED) is 0.400. The van der Waals surface area contributed by atoms with E-state index in [0.29, 0.717) is 28.8 Å². The van der Waals surface area contributed by atoms with E-state index in [2.05, 4.69) is 35.1 Å². The first-order valence-electron chi connectivity index (χ1n) is 12.3. The van der Waals surface area contributed by atoms with E-state index in [1.54, 1.807) is 30.5 Å². The number of aromatic amines is 1. The van der Waals surface area contributed by atoms with Crippen molar-refractivity contribution in [1.82, 2.24) is 24.9 Å². The number of aromatic nitrogens is 4. The predicted octanol–water partition coefficient (Wildman–Crippen LogP) is 3.56. The average molecular weight is 507 g/mol. The van der Waals surface area contributed by atoms with Crippen molar-refractivity contribution in [2.75, 3.05) is 17.3 Å². The standard InChI is InChI=1S/C25H30N8O2S/c1-33(25-27-12-11-23(29-25)28-24-14-22(30-31-24)19-5-6-19)21-9-7-20(8-10-21)32-36(34,35)16-18-4-2-3-17(13-18)15-26/h2-4,11-14,19-21,32H,5-10,16H2,1H3,(H2,27,28,29,30,31)/t20-,21-.